The average Bonchev–Trinajstić information content (AvgIpc) is 2.20. The second-order valence-corrected chi connectivity index (χ2v) is 6.21. The van der Waals surface area contributed by atoms with Crippen LogP contribution in [0.2, 0.25) is 0 Å². The highest BCUT2D eigenvalue weighted by molar-refractivity contribution is 7.91. The molecule has 1 rings (SSSR count). The Labute approximate surface area is 91.4 Å². The molecule has 0 spiro atoms. The molecule has 4 nitrogen and oxygen atoms in total. The second kappa shape index (κ2) is 5.30. The van der Waals surface area contributed by atoms with Crippen molar-refractivity contribution in [2.24, 2.45) is 5.92 Å². The molecule has 1 heterocycles. The predicted molar refractivity (Wildman–Crippen MR) is 58.5 cm³/mol. The van der Waals surface area contributed by atoms with Crippen LogP contribution in [-0.2, 0) is 9.84 Å². The lowest BCUT2D eigenvalue weighted by Gasteiger charge is -2.16. The third-order valence-electron chi connectivity index (χ3n) is 2.11. The second-order valence-electron chi connectivity index (χ2n) is 4.05. The molecule has 1 saturated heterocycles. The maximum absolute atomic E-state index is 11.1. The van der Waals surface area contributed by atoms with Crippen LogP contribution < -0.4 is 5.32 Å². The first kappa shape index (κ1) is 14.2. The first-order chi connectivity index (χ1) is 5.91. The fourth-order valence-electron chi connectivity index (χ4n) is 1.41. The highest BCUT2D eigenvalue weighted by Gasteiger charge is 2.35. The van der Waals surface area contributed by atoms with Gasteiger partial charge in [0, 0.05) is 6.04 Å². The molecule has 0 aromatic carbocycles. The molecule has 1 aliphatic rings. The maximum atomic E-state index is 11.1. The number of sulfone groups is 1. The first-order valence-corrected chi connectivity index (χ1v) is 6.35. The summed E-state index contributed by atoms with van der Waals surface area (Å²) in [5.74, 6) is 0.444. The molecule has 0 saturated carbocycles. The molecular weight excluding hydrogens is 226 g/mol. The van der Waals surface area contributed by atoms with Gasteiger partial charge in [-0.05, 0) is 12.5 Å². The van der Waals surface area contributed by atoms with Crippen molar-refractivity contribution >= 4 is 22.2 Å². The normalized spacial score (nSPS) is 30.3. The van der Waals surface area contributed by atoms with Crippen molar-refractivity contribution in [3.8, 4) is 0 Å². The molecule has 0 aromatic rings. The highest BCUT2D eigenvalue weighted by Crippen LogP contribution is 2.12. The van der Waals surface area contributed by atoms with Crippen molar-refractivity contribution < 1.29 is 13.5 Å². The van der Waals surface area contributed by atoms with Gasteiger partial charge in [-0.1, -0.05) is 13.8 Å². The summed E-state index contributed by atoms with van der Waals surface area (Å²) in [6.07, 6.45) is -0.733. The number of hydrogen-bond acceptors (Lipinski definition) is 4. The summed E-state index contributed by atoms with van der Waals surface area (Å²) in [4.78, 5) is 0. The molecule has 0 radical (unpaired) electrons. The molecule has 2 unspecified atom stereocenters. The molecule has 0 amide bonds. The van der Waals surface area contributed by atoms with E-state index in [1.54, 1.807) is 0 Å². The van der Waals surface area contributed by atoms with Gasteiger partial charge < -0.3 is 10.4 Å². The van der Waals surface area contributed by atoms with Crippen molar-refractivity contribution in [2.75, 3.05) is 18.1 Å². The largest absolute Gasteiger partial charge is 0.390 e. The van der Waals surface area contributed by atoms with E-state index >= 15 is 0 Å². The smallest absolute Gasteiger partial charge is 0.154 e. The Bertz CT molecular complexity index is 266. The minimum atomic E-state index is -3.01. The number of aliphatic hydroxyl groups is 1. The zero-order chi connectivity index (χ0) is 10.1. The van der Waals surface area contributed by atoms with E-state index in [0.717, 1.165) is 6.54 Å². The third kappa shape index (κ3) is 4.13. The third-order valence-corrected chi connectivity index (χ3v) is 3.83. The van der Waals surface area contributed by atoms with Gasteiger partial charge in [-0.25, -0.2) is 8.42 Å². The summed E-state index contributed by atoms with van der Waals surface area (Å²) in [5.41, 5.74) is 0. The predicted octanol–water partition coefficient (Wildman–Crippen LogP) is -0.188. The van der Waals surface area contributed by atoms with Crippen LogP contribution >= 0.6 is 12.4 Å². The summed E-state index contributed by atoms with van der Waals surface area (Å²) >= 11 is 0. The van der Waals surface area contributed by atoms with Gasteiger partial charge in [0.1, 0.15) is 0 Å². The van der Waals surface area contributed by atoms with Crippen LogP contribution in [0, 0.1) is 5.92 Å². The molecule has 0 bridgehead atoms. The fourth-order valence-corrected chi connectivity index (χ4v) is 3.19. The molecule has 2 N–H and O–H groups in total. The van der Waals surface area contributed by atoms with E-state index in [9.17, 15) is 13.5 Å². The Morgan fingerprint density at radius 3 is 2.36 bits per heavy atom. The van der Waals surface area contributed by atoms with Crippen LogP contribution in [0.25, 0.3) is 0 Å². The monoisotopic (exact) mass is 243 g/mol. The molecule has 14 heavy (non-hydrogen) atoms. The van der Waals surface area contributed by atoms with E-state index in [1.807, 2.05) is 13.8 Å². The topological polar surface area (TPSA) is 66.4 Å². The summed E-state index contributed by atoms with van der Waals surface area (Å²) in [7, 11) is -3.01. The van der Waals surface area contributed by atoms with Gasteiger partial charge in [0.15, 0.2) is 9.84 Å². The number of nitrogens with one attached hydrogen (secondary N) is 1. The van der Waals surface area contributed by atoms with E-state index in [0.29, 0.717) is 5.92 Å². The highest BCUT2D eigenvalue weighted by atomic mass is 35.5. The van der Waals surface area contributed by atoms with Crippen molar-refractivity contribution in [2.45, 2.75) is 26.0 Å². The fraction of sp³-hybridized carbons (Fsp3) is 1.00. The molecule has 6 heteroatoms. The van der Waals surface area contributed by atoms with Gasteiger partial charge in [0.25, 0.3) is 0 Å². The zero-order valence-corrected chi connectivity index (χ0v) is 10.1. The average molecular weight is 244 g/mol. The molecular formula is C8H18ClNO3S. The van der Waals surface area contributed by atoms with Crippen LogP contribution in [0.5, 0.6) is 0 Å². The Hall–Kier alpha value is 0.160. The van der Waals surface area contributed by atoms with Crippen molar-refractivity contribution in [3.05, 3.63) is 0 Å². The van der Waals surface area contributed by atoms with Crippen LogP contribution in [0.3, 0.4) is 0 Å². The van der Waals surface area contributed by atoms with Gasteiger partial charge in [0.2, 0.25) is 0 Å². The van der Waals surface area contributed by atoms with Crippen LogP contribution in [0.1, 0.15) is 13.8 Å². The van der Waals surface area contributed by atoms with Gasteiger partial charge in [-0.2, -0.15) is 0 Å². The quantitative estimate of drug-likeness (QED) is 0.721. The van der Waals surface area contributed by atoms with Crippen molar-refractivity contribution in [1.29, 1.82) is 0 Å². The first-order valence-electron chi connectivity index (χ1n) is 4.52. The van der Waals surface area contributed by atoms with Gasteiger partial charge in [0.05, 0.1) is 17.6 Å². The number of halogens is 1. The van der Waals surface area contributed by atoms with Crippen LogP contribution in [0.4, 0.5) is 0 Å². The minimum absolute atomic E-state index is 0. The summed E-state index contributed by atoms with van der Waals surface area (Å²) in [6, 6.07) is -0.271. The standard InChI is InChI=1S/C8H17NO3S.ClH/c1-6(2)3-9-7-4-13(11,12)5-8(7)10;/h6-10H,3-5H2,1-2H3;1H. The van der Waals surface area contributed by atoms with Crippen molar-refractivity contribution in [3.63, 3.8) is 0 Å². The molecule has 86 valence electrons. The van der Waals surface area contributed by atoms with Crippen LogP contribution in [-0.4, -0.2) is 43.7 Å². The summed E-state index contributed by atoms with van der Waals surface area (Å²) in [5, 5.41) is 12.5. The van der Waals surface area contributed by atoms with E-state index in [1.165, 1.54) is 0 Å². The molecule has 0 aliphatic carbocycles. The lowest BCUT2D eigenvalue weighted by Crippen LogP contribution is -2.40. The SMILES string of the molecule is CC(C)CNC1CS(=O)(=O)CC1O.Cl. The Morgan fingerprint density at radius 2 is 2.00 bits per heavy atom. The number of rotatable bonds is 3. The van der Waals surface area contributed by atoms with Crippen LogP contribution in [0.15, 0.2) is 0 Å². The van der Waals surface area contributed by atoms with Crippen molar-refractivity contribution in [1.82, 2.24) is 5.32 Å². The molecule has 0 aromatic heterocycles. The zero-order valence-electron chi connectivity index (χ0n) is 8.43. The van der Waals surface area contributed by atoms with Gasteiger partial charge >= 0.3 is 0 Å². The molecule has 2 atom stereocenters. The van der Waals surface area contributed by atoms with E-state index in [4.69, 9.17) is 0 Å². The van der Waals surface area contributed by atoms with E-state index in [-0.39, 0.29) is 30.0 Å². The molecule has 1 fully saturated rings. The maximum Gasteiger partial charge on any atom is 0.154 e. The van der Waals surface area contributed by atoms with E-state index in [2.05, 4.69) is 5.32 Å². The summed E-state index contributed by atoms with van der Waals surface area (Å²) in [6.45, 7) is 4.84. The van der Waals surface area contributed by atoms with E-state index < -0.39 is 15.9 Å². The Morgan fingerprint density at radius 1 is 1.43 bits per heavy atom. The Kier molecular flexibility index (Phi) is 5.36. The lowest BCUT2D eigenvalue weighted by atomic mass is 10.1. The Balaban J connectivity index is 0.00000169. The van der Waals surface area contributed by atoms with Gasteiger partial charge in [-0.15, -0.1) is 12.4 Å². The molecule has 1 aliphatic heterocycles. The minimum Gasteiger partial charge on any atom is -0.390 e. The number of aliphatic hydroxyl groups excluding tert-OH is 1. The summed E-state index contributed by atoms with van der Waals surface area (Å²) < 4.78 is 22.2. The lowest BCUT2D eigenvalue weighted by molar-refractivity contribution is 0.164. The van der Waals surface area contributed by atoms with Gasteiger partial charge in [-0.3, -0.25) is 0 Å². The number of hydrogen-bond donors (Lipinski definition) is 2.